The van der Waals surface area contributed by atoms with Gasteiger partial charge >= 0.3 is 0 Å². The van der Waals surface area contributed by atoms with Crippen LogP contribution in [0.1, 0.15) is 5.56 Å². The first-order valence-corrected chi connectivity index (χ1v) is 4.99. The van der Waals surface area contributed by atoms with Crippen LogP contribution in [0.2, 0.25) is 0 Å². The second-order valence-corrected chi connectivity index (χ2v) is 3.57. The van der Waals surface area contributed by atoms with Crippen molar-refractivity contribution in [3.8, 4) is 0 Å². The minimum Gasteiger partial charge on any atom is -0.392 e. The zero-order valence-electron chi connectivity index (χ0n) is 8.65. The maximum Gasteiger partial charge on any atom is 0.253 e. The lowest BCUT2D eigenvalue weighted by Gasteiger charge is -2.27. The number of carbonyl (C=O) groups excluding carboxylic acids is 1. The van der Waals surface area contributed by atoms with E-state index in [1.807, 2.05) is 0 Å². The standard InChI is InChI=1S/C11H12FNO3/c12-9-3-8(6-14)4-10(5-9)13-1-2-16-7-11(13)15/h3-5,14H,1-2,6-7H2. The largest absolute Gasteiger partial charge is 0.392 e. The summed E-state index contributed by atoms with van der Waals surface area (Å²) in [5.74, 6) is -0.651. The van der Waals surface area contributed by atoms with Crippen molar-refractivity contribution < 1.29 is 19.0 Å². The Morgan fingerprint density at radius 3 is 2.94 bits per heavy atom. The van der Waals surface area contributed by atoms with Crippen LogP contribution in [0, 0.1) is 5.82 Å². The third-order valence-electron chi connectivity index (χ3n) is 2.42. The van der Waals surface area contributed by atoms with Gasteiger partial charge in [-0.1, -0.05) is 0 Å². The van der Waals surface area contributed by atoms with E-state index in [0.717, 1.165) is 0 Å². The molecular weight excluding hydrogens is 213 g/mol. The van der Waals surface area contributed by atoms with Crippen LogP contribution in [0.4, 0.5) is 10.1 Å². The van der Waals surface area contributed by atoms with Gasteiger partial charge in [0.15, 0.2) is 0 Å². The van der Waals surface area contributed by atoms with Crippen molar-refractivity contribution in [3.63, 3.8) is 0 Å². The minimum absolute atomic E-state index is 0.0188. The Kier molecular flexibility index (Phi) is 3.17. The molecule has 1 aliphatic rings. The molecule has 0 radical (unpaired) electrons. The smallest absolute Gasteiger partial charge is 0.253 e. The highest BCUT2D eigenvalue weighted by atomic mass is 19.1. The fourth-order valence-electron chi connectivity index (χ4n) is 1.67. The first kappa shape index (κ1) is 11.0. The molecule has 86 valence electrons. The van der Waals surface area contributed by atoms with Gasteiger partial charge in [-0.25, -0.2) is 4.39 Å². The van der Waals surface area contributed by atoms with E-state index in [-0.39, 0.29) is 19.1 Å². The van der Waals surface area contributed by atoms with E-state index < -0.39 is 5.82 Å². The van der Waals surface area contributed by atoms with E-state index in [1.165, 1.54) is 17.0 Å². The fraction of sp³-hybridized carbons (Fsp3) is 0.364. The van der Waals surface area contributed by atoms with Crippen LogP contribution in [0.5, 0.6) is 0 Å². The molecular formula is C11H12FNO3. The van der Waals surface area contributed by atoms with Gasteiger partial charge in [0, 0.05) is 12.2 Å². The molecule has 1 saturated heterocycles. The summed E-state index contributed by atoms with van der Waals surface area (Å²) in [5, 5.41) is 8.96. The van der Waals surface area contributed by atoms with Crippen LogP contribution < -0.4 is 4.90 Å². The van der Waals surface area contributed by atoms with Gasteiger partial charge in [-0.2, -0.15) is 0 Å². The number of ether oxygens (including phenoxy) is 1. The molecule has 1 aromatic rings. The van der Waals surface area contributed by atoms with Gasteiger partial charge in [-0.3, -0.25) is 4.79 Å². The predicted octanol–water partition coefficient (Wildman–Crippen LogP) is 0.681. The first-order chi connectivity index (χ1) is 7.70. The number of anilines is 1. The summed E-state index contributed by atoms with van der Waals surface area (Å²) in [6, 6.07) is 4.13. The molecule has 16 heavy (non-hydrogen) atoms. The first-order valence-electron chi connectivity index (χ1n) is 4.99. The molecule has 0 aliphatic carbocycles. The molecule has 0 spiro atoms. The van der Waals surface area contributed by atoms with Crippen LogP contribution in [-0.2, 0) is 16.1 Å². The van der Waals surface area contributed by atoms with Crippen molar-refractivity contribution in [3.05, 3.63) is 29.6 Å². The average Bonchev–Trinajstić information content (AvgIpc) is 2.28. The summed E-state index contributed by atoms with van der Waals surface area (Å²) in [7, 11) is 0. The third kappa shape index (κ3) is 2.20. The number of hydrogen-bond donors (Lipinski definition) is 1. The Morgan fingerprint density at radius 2 is 2.25 bits per heavy atom. The molecule has 2 rings (SSSR count). The molecule has 1 heterocycles. The number of amides is 1. The summed E-state index contributed by atoms with van der Waals surface area (Å²) < 4.78 is 18.2. The number of hydrogen-bond acceptors (Lipinski definition) is 3. The van der Waals surface area contributed by atoms with E-state index in [1.54, 1.807) is 6.07 Å². The van der Waals surface area contributed by atoms with Crippen molar-refractivity contribution >= 4 is 11.6 Å². The number of rotatable bonds is 2. The van der Waals surface area contributed by atoms with Gasteiger partial charge in [0.05, 0.1) is 13.2 Å². The molecule has 1 amide bonds. The Morgan fingerprint density at radius 1 is 1.44 bits per heavy atom. The fourth-order valence-corrected chi connectivity index (χ4v) is 1.67. The van der Waals surface area contributed by atoms with Crippen molar-refractivity contribution in [2.75, 3.05) is 24.7 Å². The molecule has 1 fully saturated rings. The molecule has 1 aliphatic heterocycles. The quantitative estimate of drug-likeness (QED) is 0.805. The van der Waals surface area contributed by atoms with E-state index in [2.05, 4.69) is 0 Å². The maximum absolute atomic E-state index is 13.2. The molecule has 0 unspecified atom stereocenters. The van der Waals surface area contributed by atoms with Gasteiger partial charge in [0.2, 0.25) is 0 Å². The van der Waals surface area contributed by atoms with Gasteiger partial charge in [-0.05, 0) is 23.8 Å². The number of halogens is 1. The highest BCUT2D eigenvalue weighted by Gasteiger charge is 2.20. The van der Waals surface area contributed by atoms with Crippen LogP contribution in [0.15, 0.2) is 18.2 Å². The van der Waals surface area contributed by atoms with Gasteiger partial charge in [-0.15, -0.1) is 0 Å². The van der Waals surface area contributed by atoms with Crippen LogP contribution >= 0.6 is 0 Å². The van der Waals surface area contributed by atoms with Crippen molar-refractivity contribution in [1.29, 1.82) is 0 Å². The van der Waals surface area contributed by atoms with Gasteiger partial charge < -0.3 is 14.7 Å². The highest BCUT2D eigenvalue weighted by Crippen LogP contribution is 2.20. The molecule has 0 bridgehead atoms. The topological polar surface area (TPSA) is 49.8 Å². The summed E-state index contributed by atoms with van der Waals surface area (Å²) >= 11 is 0. The molecule has 0 atom stereocenters. The normalized spacial score (nSPS) is 16.6. The molecule has 0 saturated carbocycles. The SMILES string of the molecule is O=C1COCCN1c1cc(F)cc(CO)c1. The predicted molar refractivity (Wildman–Crippen MR) is 55.5 cm³/mol. The average molecular weight is 225 g/mol. The van der Waals surface area contributed by atoms with E-state index in [4.69, 9.17) is 9.84 Å². The monoisotopic (exact) mass is 225 g/mol. The lowest BCUT2D eigenvalue weighted by Crippen LogP contribution is -2.41. The number of carbonyl (C=O) groups is 1. The van der Waals surface area contributed by atoms with Crippen molar-refractivity contribution in [2.24, 2.45) is 0 Å². The van der Waals surface area contributed by atoms with Gasteiger partial charge in [0.1, 0.15) is 12.4 Å². The second-order valence-electron chi connectivity index (χ2n) is 3.57. The number of benzene rings is 1. The summed E-state index contributed by atoms with van der Waals surface area (Å²) in [5.41, 5.74) is 0.923. The molecule has 0 aromatic heterocycles. The third-order valence-corrected chi connectivity index (χ3v) is 2.42. The Hall–Kier alpha value is -1.46. The zero-order valence-corrected chi connectivity index (χ0v) is 8.65. The maximum atomic E-state index is 13.2. The van der Waals surface area contributed by atoms with Crippen molar-refractivity contribution in [1.82, 2.24) is 0 Å². The lowest BCUT2D eigenvalue weighted by atomic mass is 10.2. The second kappa shape index (κ2) is 4.59. The lowest BCUT2D eigenvalue weighted by molar-refractivity contribution is -0.125. The number of aliphatic hydroxyl groups excluding tert-OH is 1. The summed E-state index contributed by atoms with van der Waals surface area (Å²) in [4.78, 5) is 13.0. The van der Waals surface area contributed by atoms with Crippen LogP contribution in [0.25, 0.3) is 0 Å². The van der Waals surface area contributed by atoms with E-state index in [9.17, 15) is 9.18 Å². The Labute approximate surface area is 92.2 Å². The summed E-state index contributed by atoms with van der Waals surface area (Å²) in [6.07, 6.45) is 0. The van der Waals surface area contributed by atoms with E-state index >= 15 is 0 Å². The summed E-state index contributed by atoms with van der Waals surface area (Å²) in [6.45, 7) is 0.623. The minimum atomic E-state index is -0.458. The number of morpholine rings is 1. The van der Waals surface area contributed by atoms with E-state index in [0.29, 0.717) is 24.4 Å². The van der Waals surface area contributed by atoms with Crippen LogP contribution in [0.3, 0.4) is 0 Å². The molecule has 5 heteroatoms. The van der Waals surface area contributed by atoms with Crippen LogP contribution in [-0.4, -0.2) is 30.8 Å². The number of nitrogens with zero attached hydrogens (tertiary/aromatic N) is 1. The Balaban J connectivity index is 2.31. The zero-order chi connectivity index (χ0) is 11.5. The van der Waals surface area contributed by atoms with Crippen molar-refractivity contribution in [2.45, 2.75) is 6.61 Å². The van der Waals surface area contributed by atoms with Gasteiger partial charge in [0.25, 0.3) is 5.91 Å². The number of aliphatic hydroxyl groups is 1. The molecule has 4 nitrogen and oxygen atoms in total. The molecule has 1 N–H and O–H groups in total. The molecule has 1 aromatic carbocycles. The Bertz CT molecular complexity index is 408. The highest BCUT2D eigenvalue weighted by molar-refractivity contribution is 5.94.